The quantitative estimate of drug-likeness (QED) is 0.510. The summed E-state index contributed by atoms with van der Waals surface area (Å²) in [6, 6.07) is 13.9. The minimum absolute atomic E-state index is 0.212. The van der Waals surface area contributed by atoms with Crippen LogP contribution in [0, 0.1) is 0 Å². The molecular weight excluding hydrogens is 340 g/mol. The summed E-state index contributed by atoms with van der Waals surface area (Å²) in [5, 5.41) is 0. The number of benzene rings is 2. The van der Waals surface area contributed by atoms with Gasteiger partial charge in [-0.3, -0.25) is 9.36 Å². The molecule has 2 aromatic heterocycles. The third-order valence-corrected chi connectivity index (χ3v) is 4.31. The Morgan fingerprint density at radius 3 is 2.56 bits per heavy atom. The monoisotopic (exact) mass is 358 g/mol. The second-order valence-corrected chi connectivity index (χ2v) is 6.09. The number of rotatable bonds is 5. The molecule has 6 heteroatoms. The van der Waals surface area contributed by atoms with Crippen molar-refractivity contribution in [2.45, 2.75) is 13.3 Å². The van der Waals surface area contributed by atoms with Gasteiger partial charge in [0.1, 0.15) is 12.7 Å². The normalized spacial score (nSPS) is 10.9. The molecule has 0 fully saturated rings. The molecule has 0 bridgehead atoms. The highest BCUT2D eigenvalue weighted by Gasteiger charge is 2.08. The standard InChI is InChI=1S/C21H18N4O2/c1-2-27-21(26)9-15-3-6-18(7-4-15)25-14-24-19-10-16(5-8-20(19)25)17-11-22-13-23-12-17/h3-8,10-14H,2,9H2,1H3. The van der Waals surface area contributed by atoms with Gasteiger partial charge in [-0.05, 0) is 42.3 Å². The molecule has 0 unspecified atom stereocenters. The Kier molecular flexibility index (Phi) is 4.61. The maximum absolute atomic E-state index is 11.6. The summed E-state index contributed by atoms with van der Waals surface area (Å²) in [7, 11) is 0. The van der Waals surface area contributed by atoms with Gasteiger partial charge in [-0.2, -0.15) is 0 Å². The fourth-order valence-corrected chi connectivity index (χ4v) is 3.00. The van der Waals surface area contributed by atoms with E-state index < -0.39 is 0 Å². The largest absolute Gasteiger partial charge is 0.466 e. The number of carbonyl (C=O) groups is 1. The molecule has 134 valence electrons. The van der Waals surface area contributed by atoms with Crippen molar-refractivity contribution in [1.82, 2.24) is 19.5 Å². The van der Waals surface area contributed by atoms with Crippen LogP contribution in [-0.2, 0) is 16.0 Å². The lowest BCUT2D eigenvalue weighted by Gasteiger charge is -2.07. The predicted octanol–water partition coefficient (Wildman–Crippen LogP) is 3.59. The highest BCUT2D eigenvalue weighted by molar-refractivity contribution is 5.83. The van der Waals surface area contributed by atoms with Crippen LogP contribution in [0.3, 0.4) is 0 Å². The molecule has 0 saturated heterocycles. The first kappa shape index (κ1) is 16.9. The van der Waals surface area contributed by atoms with Crippen LogP contribution < -0.4 is 0 Å². The number of hydrogen-bond donors (Lipinski definition) is 0. The minimum atomic E-state index is -0.212. The molecule has 4 aromatic rings. The van der Waals surface area contributed by atoms with Crippen LogP contribution in [0.4, 0.5) is 0 Å². The lowest BCUT2D eigenvalue weighted by Crippen LogP contribution is -2.07. The maximum Gasteiger partial charge on any atom is 0.310 e. The molecule has 0 saturated carbocycles. The smallest absolute Gasteiger partial charge is 0.310 e. The number of hydrogen-bond acceptors (Lipinski definition) is 5. The van der Waals surface area contributed by atoms with E-state index in [1.165, 1.54) is 6.33 Å². The van der Waals surface area contributed by atoms with Gasteiger partial charge in [0.25, 0.3) is 0 Å². The van der Waals surface area contributed by atoms with E-state index in [2.05, 4.69) is 15.0 Å². The van der Waals surface area contributed by atoms with Crippen LogP contribution in [-0.4, -0.2) is 32.1 Å². The molecule has 0 aliphatic carbocycles. The Labute approximate surface area is 156 Å². The van der Waals surface area contributed by atoms with Gasteiger partial charge < -0.3 is 4.74 Å². The molecule has 0 aliphatic heterocycles. The summed E-state index contributed by atoms with van der Waals surface area (Å²) in [6.07, 6.45) is 7.17. The first-order valence-corrected chi connectivity index (χ1v) is 8.72. The lowest BCUT2D eigenvalue weighted by molar-refractivity contribution is -0.142. The van der Waals surface area contributed by atoms with Crippen molar-refractivity contribution in [2.75, 3.05) is 6.61 Å². The molecule has 0 atom stereocenters. The van der Waals surface area contributed by atoms with E-state index in [1.807, 2.05) is 47.0 Å². The van der Waals surface area contributed by atoms with Crippen molar-refractivity contribution in [3.8, 4) is 16.8 Å². The second kappa shape index (κ2) is 7.37. The van der Waals surface area contributed by atoms with Gasteiger partial charge in [0.05, 0.1) is 24.1 Å². The molecule has 0 aliphatic rings. The van der Waals surface area contributed by atoms with Crippen molar-refractivity contribution in [1.29, 1.82) is 0 Å². The zero-order valence-electron chi connectivity index (χ0n) is 14.9. The summed E-state index contributed by atoms with van der Waals surface area (Å²) >= 11 is 0. The van der Waals surface area contributed by atoms with Crippen molar-refractivity contribution >= 4 is 17.0 Å². The zero-order valence-corrected chi connectivity index (χ0v) is 14.9. The maximum atomic E-state index is 11.6. The summed E-state index contributed by atoms with van der Waals surface area (Å²) < 4.78 is 7.01. The van der Waals surface area contributed by atoms with Crippen LogP contribution >= 0.6 is 0 Å². The molecule has 0 radical (unpaired) electrons. The first-order valence-electron chi connectivity index (χ1n) is 8.72. The number of imidazole rings is 1. The van der Waals surface area contributed by atoms with Crippen molar-refractivity contribution in [2.24, 2.45) is 0 Å². The molecule has 2 heterocycles. The van der Waals surface area contributed by atoms with E-state index in [4.69, 9.17) is 4.74 Å². The van der Waals surface area contributed by atoms with Crippen molar-refractivity contribution < 1.29 is 9.53 Å². The highest BCUT2D eigenvalue weighted by Crippen LogP contribution is 2.24. The predicted molar refractivity (Wildman–Crippen MR) is 102 cm³/mol. The number of nitrogens with zero attached hydrogens (tertiary/aromatic N) is 4. The van der Waals surface area contributed by atoms with E-state index in [9.17, 15) is 4.79 Å². The topological polar surface area (TPSA) is 69.9 Å². The Morgan fingerprint density at radius 2 is 1.81 bits per heavy atom. The third-order valence-electron chi connectivity index (χ3n) is 4.31. The second-order valence-electron chi connectivity index (χ2n) is 6.09. The van der Waals surface area contributed by atoms with Gasteiger partial charge in [0.2, 0.25) is 0 Å². The van der Waals surface area contributed by atoms with Crippen molar-refractivity contribution in [3.63, 3.8) is 0 Å². The number of fused-ring (bicyclic) bond motifs is 1. The molecule has 0 amide bonds. The molecule has 27 heavy (non-hydrogen) atoms. The lowest BCUT2D eigenvalue weighted by atomic mass is 10.1. The van der Waals surface area contributed by atoms with Crippen LogP contribution in [0.5, 0.6) is 0 Å². The average Bonchev–Trinajstić information content (AvgIpc) is 3.13. The fraction of sp³-hybridized carbons (Fsp3) is 0.143. The van der Waals surface area contributed by atoms with Gasteiger partial charge in [0, 0.05) is 23.6 Å². The van der Waals surface area contributed by atoms with Gasteiger partial charge >= 0.3 is 5.97 Å². The Morgan fingerprint density at radius 1 is 1.04 bits per heavy atom. The van der Waals surface area contributed by atoms with E-state index in [0.29, 0.717) is 6.61 Å². The van der Waals surface area contributed by atoms with Crippen LogP contribution in [0.1, 0.15) is 12.5 Å². The molecule has 0 N–H and O–H groups in total. The fourth-order valence-electron chi connectivity index (χ4n) is 3.00. The van der Waals surface area contributed by atoms with Crippen molar-refractivity contribution in [3.05, 3.63) is 73.1 Å². The SMILES string of the molecule is CCOC(=O)Cc1ccc(-n2cnc3cc(-c4cncnc4)ccc32)cc1. The van der Waals surface area contributed by atoms with E-state index in [1.54, 1.807) is 25.6 Å². The van der Waals surface area contributed by atoms with Gasteiger partial charge in [-0.25, -0.2) is 15.0 Å². The van der Waals surface area contributed by atoms with Gasteiger partial charge in [-0.15, -0.1) is 0 Å². The number of aromatic nitrogens is 4. The molecule has 6 nitrogen and oxygen atoms in total. The molecular formula is C21H18N4O2. The van der Waals surface area contributed by atoms with Crippen LogP contribution in [0.2, 0.25) is 0 Å². The van der Waals surface area contributed by atoms with Gasteiger partial charge in [-0.1, -0.05) is 18.2 Å². The molecule has 0 spiro atoms. The Bertz CT molecular complexity index is 1070. The first-order chi connectivity index (χ1) is 13.2. The molecule has 4 rings (SSSR count). The average molecular weight is 358 g/mol. The van der Waals surface area contributed by atoms with Crippen LogP contribution in [0.25, 0.3) is 27.8 Å². The van der Waals surface area contributed by atoms with E-state index in [0.717, 1.165) is 33.4 Å². The van der Waals surface area contributed by atoms with Crippen LogP contribution in [0.15, 0.2) is 67.5 Å². The number of ether oxygens (including phenoxy) is 1. The Balaban J connectivity index is 1.61. The summed E-state index contributed by atoms with van der Waals surface area (Å²) in [4.78, 5) is 24.3. The van der Waals surface area contributed by atoms with E-state index >= 15 is 0 Å². The van der Waals surface area contributed by atoms with Gasteiger partial charge in [0.15, 0.2) is 0 Å². The number of esters is 1. The summed E-state index contributed by atoms with van der Waals surface area (Å²) in [6.45, 7) is 2.20. The summed E-state index contributed by atoms with van der Waals surface area (Å²) in [5.74, 6) is -0.212. The minimum Gasteiger partial charge on any atom is -0.466 e. The van der Waals surface area contributed by atoms with E-state index in [-0.39, 0.29) is 12.4 Å². The highest BCUT2D eigenvalue weighted by atomic mass is 16.5. The molecule has 2 aromatic carbocycles. The zero-order chi connectivity index (χ0) is 18.6. The third kappa shape index (κ3) is 3.55. The Hall–Kier alpha value is -3.54. The summed E-state index contributed by atoms with van der Waals surface area (Å²) in [5.41, 5.74) is 5.80. The number of carbonyl (C=O) groups excluding carboxylic acids is 1.